The summed E-state index contributed by atoms with van der Waals surface area (Å²) in [5.41, 5.74) is -0.00902. The summed E-state index contributed by atoms with van der Waals surface area (Å²) in [6.07, 6.45) is 3.02. The monoisotopic (exact) mass is 510 g/mol. The van der Waals surface area contributed by atoms with Crippen LogP contribution in [0, 0.1) is 22.7 Å². The first-order valence-electron chi connectivity index (χ1n) is 12.7. The Balaban J connectivity index is 1.58. The van der Waals surface area contributed by atoms with Crippen LogP contribution in [0.2, 0.25) is 0 Å². The summed E-state index contributed by atoms with van der Waals surface area (Å²) in [6.45, 7) is 9.32. The molecule has 0 bridgehead atoms. The van der Waals surface area contributed by atoms with Crippen LogP contribution in [0.4, 0.5) is 0 Å². The van der Waals surface area contributed by atoms with E-state index < -0.39 is 46.9 Å². The van der Waals surface area contributed by atoms with Crippen molar-refractivity contribution in [1.82, 2.24) is 0 Å². The van der Waals surface area contributed by atoms with Gasteiger partial charge in [0.2, 0.25) is 0 Å². The highest BCUT2D eigenvalue weighted by molar-refractivity contribution is 5.94. The van der Waals surface area contributed by atoms with E-state index in [9.17, 15) is 24.3 Å². The number of carboxylic acids is 1. The number of carbonyl (C=O) groups excluding carboxylic acids is 3. The summed E-state index contributed by atoms with van der Waals surface area (Å²) in [7, 11) is 0. The van der Waals surface area contributed by atoms with Gasteiger partial charge in [-0.2, -0.15) is 0 Å². The van der Waals surface area contributed by atoms with Crippen LogP contribution in [0.1, 0.15) is 63.2 Å². The van der Waals surface area contributed by atoms with Crippen LogP contribution < -0.4 is 0 Å². The predicted molar refractivity (Wildman–Crippen MR) is 133 cm³/mol. The van der Waals surface area contributed by atoms with Gasteiger partial charge >= 0.3 is 23.9 Å². The molecule has 37 heavy (non-hydrogen) atoms. The predicted octanol–water partition coefficient (Wildman–Crippen LogP) is 4.49. The molecular weight excluding hydrogens is 476 g/mol. The zero-order valence-corrected chi connectivity index (χ0v) is 21.5. The molecule has 0 amide bonds. The number of allylic oxidation sites excluding steroid dienone is 2. The molecule has 1 aromatic carbocycles. The second-order valence-corrected chi connectivity index (χ2v) is 10.8. The van der Waals surface area contributed by atoms with Crippen LogP contribution in [0.25, 0.3) is 0 Å². The number of rotatable bonds is 6. The van der Waals surface area contributed by atoms with E-state index in [2.05, 4.69) is 13.5 Å². The average Bonchev–Trinajstić information content (AvgIpc) is 3.19. The zero-order chi connectivity index (χ0) is 27.0. The molecule has 1 aliphatic heterocycles. The van der Waals surface area contributed by atoms with Crippen LogP contribution >= 0.6 is 0 Å². The van der Waals surface area contributed by atoms with Gasteiger partial charge in [-0.15, -0.1) is 0 Å². The fourth-order valence-corrected chi connectivity index (χ4v) is 6.73. The van der Waals surface area contributed by atoms with Crippen molar-refractivity contribution in [1.29, 1.82) is 0 Å². The van der Waals surface area contributed by atoms with Crippen LogP contribution in [-0.4, -0.2) is 47.8 Å². The maximum absolute atomic E-state index is 12.6. The third-order valence-corrected chi connectivity index (χ3v) is 8.73. The summed E-state index contributed by atoms with van der Waals surface area (Å²) >= 11 is 0. The second-order valence-electron chi connectivity index (χ2n) is 10.8. The first-order chi connectivity index (χ1) is 17.5. The topological polar surface area (TPSA) is 116 Å². The molecule has 198 valence electrons. The summed E-state index contributed by atoms with van der Waals surface area (Å²) in [4.78, 5) is 49.4. The van der Waals surface area contributed by atoms with E-state index in [-0.39, 0.29) is 24.0 Å². The molecule has 2 aliphatic carbocycles. The fourth-order valence-electron chi connectivity index (χ4n) is 6.73. The molecule has 1 heterocycles. The van der Waals surface area contributed by atoms with Crippen molar-refractivity contribution in [2.45, 2.75) is 65.1 Å². The van der Waals surface area contributed by atoms with Crippen molar-refractivity contribution in [3.63, 3.8) is 0 Å². The Morgan fingerprint density at radius 1 is 1.16 bits per heavy atom. The van der Waals surface area contributed by atoms with Crippen LogP contribution in [-0.2, 0) is 28.6 Å². The van der Waals surface area contributed by atoms with Crippen molar-refractivity contribution < 1.29 is 38.5 Å². The molecular formula is C29H34O8. The Labute approximate surface area is 216 Å². The molecule has 0 radical (unpaired) electrons. The maximum Gasteiger partial charge on any atom is 0.338 e. The van der Waals surface area contributed by atoms with Crippen molar-refractivity contribution in [2.75, 3.05) is 6.61 Å². The van der Waals surface area contributed by atoms with Crippen LogP contribution in [0.15, 0.2) is 54.1 Å². The number of hydrogen-bond acceptors (Lipinski definition) is 7. The molecule has 6 atom stereocenters. The van der Waals surface area contributed by atoms with Gasteiger partial charge < -0.3 is 19.3 Å². The first kappa shape index (κ1) is 26.6. The molecule has 1 aromatic rings. The Hall–Kier alpha value is -3.42. The number of cyclic esters (lactones) is 1. The fraction of sp³-hybridized carbons (Fsp3) is 0.517. The lowest BCUT2D eigenvalue weighted by atomic mass is 9.46. The van der Waals surface area contributed by atoms with Gasteiger partial charge in [0.05, 0.1) is 11.1 Å². The highest BCUT2D eigenvalue weighted by atomic mass is 16.6. The minimum Gasteiger partial charge on any atom is -0.481 e. The van der Waals surface area contributed by atoms with E-state index >= 15 is 0 Å². The van der Waals surface area contributed by atoms with Gasteiger partial charge in [-0.3, -0.25) is 9.59 Å². The number of carboxylic acid groups (broad SMARTS) is 1. The third-order valence-electron chi connectivity index (χ3n) is 8.73. The molecule has 2 saturated carbocycles. The van der Waals surface area contributed by atoms with Crippen molar-refractivity contribution in [2.24, 2.45) is 22.7 Å². The highest BCUT2D eigenvalue weighted by Crippen LogP contribution is 2.62. The van der Waals surface area contributed by atoms with Crippen molar-refractivity contribution in [3.8, 4) is 0 Å². The second kappa shape index (κ2) is 10.1. The normalized spacial score (nSPS) is 34.4. The Morgan fingerprint density at radius 3 is 2.51 bits per heavy atom. The number of aliphatic carboxylic acids is 1. The summed E-state index contributed by atoms with van der Waals surface area (Å²) < 4.78 is 16.3. The standard InChI is InChI=1S/C29H34O8/c1-17-10-13-23-28(3,15-14-24(36-18(2)30)29(23,4)27(33)34)21(17)12-11-20-22(16-35-26(20)32)37-25(31)19-8-6-5-7-9-19/h5-9,11,21-24H,1,10,12-16H2,2-4H3,(H,33,34)/b20-11+/t21-,22-,23+,24-,28+,29+/m1/s1. The molecule has 0 spiro atoms. The highest BCUT2D eigenvalue weighted by Gasteiger charge is 2.62. The molecule has 3 fully saturated rings. The minimum absolute atomic E-state index is 0.0457. The maximum atomic E-state index is 12.6. The van der Waals surface area contributed by atoms with Gasteiger partial charge in [-0.1, -0.05) is 43.4 Å². The molecule has 8 nitrogen and oxygen atoms in total. The number of benzene rings is 1. The van der Waals surface area contributed by atoms with Crippen LogP contribution in [0.3, 0.4) is 0 Å². The molecule has 3 aliphatic rings. The van der Waals surface area contributed by atoms with Gasteiger partial charge in [0.25, 0.3) is 0 Å². The lowest BCUT2D eigenvalue weighted by molar-refractivity contribution is -0.194. The first-order valence-corrected chi connectivity index (χ1v) is 12.7. The van der Waals surface area contributed by atoms with E-state index in [4.69, 9.17) is 14.2 Å². The lowest BCUT2D eigenvalue weighted by Crippen LogP contribution is -2.60. The Kier molecular flexibility index (Phi) is 7.31. The van der Waals surface area contributed by atoms with E-state index in [0.29, 0.717) is 37.7 Å². The minimum atomic E-state index is -1.25. The van der Waals surface area contributed by atoms with Gasteiger partial charge in [0.15, 0.2) is 6.10 Å². The van der Waals surface area contributed by atoms with Crippen molar-refractivity contribution in [3.05, 3.63) is 59.7 Å². The van der Waals surface area contributed by atoms with E-state index in [0.717, 1.165) is 5.57 Å². The van der Waals surface area contributed by atoms with E-state index in [1.54, 1.807) is 43.3 Å². The summed E-state index contributed by atoms with van der Waals surface area (Å²) in [5.74, 6) is -2.89. The number of ether oxygens (including phenoxy) is 3. The number of fused-ring (bicyclic) bond motifs is 1. The lowest BCUT2D eigenvalue weighted by Gasteiger charge is -2.59. The van der Waals surface area contributed by atoms with Gasteiger partial charge in [0.1, 0.15) is 18.1 Å². The van der Waals surface area contributed by atoms with Crippen molar-refractivity contribution >= 4 is 23.9 Å². The summed E-state index contributed by atoms with van der Waals surface area (Å²) in [6, 6.07) is 8.54. The molecule has 4 rings (SSSR count). The molecule has 1 N–H and O–H groups in total. The van der Waals surface area contributed by atoms with Crippen LogP contribution in [0.5, 0.6) is 0 Å². The quantitative estimate of drug-likeness (QED) is 0.258. The number of carbonyl (C=O) groups is 4. The van der Waals surface area contributed by atoms with Gasteiger partial charge in [0, 0.05) is 6.92 Å². The molecule has 0 unspecified atom stereocenters. The smallest absolute Gasteiger partial charge is 0.338 e. The largest absolute Gasteiger partial charge is 0.481 e. The molecule has 0 aromatic heterocycles. The average molecular weight is 511 g/mol. The SMILES string of the molecule is C=C1CC[C@H]2[C@@](C)(CC[C@@H](OC(C)=O)[C@@]2(C)C(=O)O)[C@@H]1C/C=C1/C(=O)OC[C@H]1OC(=O)c1ccccc1. The summed E-state index contributed by atoms with van der Waals surface area (Å²) in [5, 5.41) is 10.3. The molecule has 8 heteroatoms. The zero-order valence-electron chi connectivity index (χ0n) is 21.5. The number of hydrogen-bond donors (Lipinski definition) is 1. The molecule has 1 saturated heterocycles. The van der Waals surface area contributed by atoms with E-state index in [1.807, 2.05) is 0 Å². The van der Waals surface area contributed by atoms with Gasteiger partial charge in [-0.25, -0.2) is 9.59 Å². The van der Waals surface area contributed by atoms with E-state index in [1.165, 1.54) is 6.92 Å². The Bertz CT molecular complexity index is 1140. The third kappa shape index (κ3) is 4.81. The van der Waals surface area contributed by atoms with Gasteiger partial charge in [-0.05, 0) is 68.4 Å². The Morgan fingerprint density at radius 2 is 1.86 bits per heavy atom. The number of esters is 3.